The maximum Gasteiger partial charge on any atom is 0.253 e. The summed E-state index contributed by atoms with van der Waals surface area (Å²) in [6, 6.07) is 14.7. The Morgan fingerprint density at radius 3 is 2.44 bits per heavy atom. The van der Waals surface area contributed by atoms with Crippen LogP contribution in [0.4, 0.5) is 5.69 Å². The highest BCUT2D eigenvalue weighted by Crippen LogP contribution is 2.29. The molecule has 0 bridgehead atoms. The molecule has 9 heteroatoms. The molecule has 1 unspecified atom stereocenters. The van der Waals surface area contributed by atoms with Gasteiger partial charge in [-0.2, -0.15) is 5.26 Å². The molecule has 0 radical (unpaired) electrons. The van der Waals surface area contributed by atoms with Gasteiger partial charge in [-0.05, 0) is 75.2 Å². The van der Waals surface area contributed by atoms with E-state index in [0.717, 1.165) is 12.8 Å². The van der Waals surface area contributed by atoms with E-state index < -0.39 is 21.9 Å². The zero-order valence-electron chi connectivity index (χ0n) is 19.9. The largest absolute Gasteiger partial charge is 0.391 e. The van der Waals surface area contributed by atoms with Gasteiger partial charge in [-0.15, -0.1) is 0 Å². The van der Waals surface area contributed by atoms with E-state index in [4.69, 9.17) is 5.26 Å². The van der Waals surface area contributed by atoms with Gasteiger partial charge in [0.1, 0.15) is 0 Å². The fraction of sp³-hybridized carbons (Fsp3) is 0.440. The second kappa shape index (κ2) is 11.0. The van der Waals surface area contributed by atoms with Crippen LogP contribution in [0.15, 0.2) is 42.5 Å². The first-order valence-corrected chi connectivity index (χ1v) is 13.0. The molecule has 0 aliphatic carbocycles. The minimum atomic E-state index is -3.78. The van der Waals surface area contributed by atoms with Crippen LogP contribution >= 0.6 is 0 Å². The van der Waals surface area contributed by atoms with Crippen LogP contribution in [-0.2, 0) is 10.0 Å². The second-order valence-electron chi connectivity index (χ2n) is 9.13. The number of nitrogens with zero attached hydrogens (tertiary/aromatic N) is 3. The first kappa shape index (κ1) is 25.7. The minimum absolute atomic E-state index is 0.133. The second-order valence-corrected chi connectivity index (χ2v) is 10.9. The van der Waals surface area contributed by atoms with Crippen molar-refractivity contribution < 1.29 is 18.3 Å². The van der Waals surface area contributed by atoms with Gasteiger partial charge in [0.25, 0.3) is 5.91 Å². The fourth-order valence-electron chi connectivity index (χ4n) is 4.23. The van der Waals surface area contributed by atoms with Crippen LogP contribution in [-0.4, -0.2) is 74.8 Å². The van der Waals surface area contributed by atoms with E-state index in [1.54, 1.807) is 49.0 Å². The standard InChI is InChI=1S/C25H32N4O4S/c1-18-4-7-22(14-24(18)27-34(32,33)17-23(30)16-28(2)3)25(31)29-12-10-21(11-13-29)20-8-5-19(15-26)6-9-20/h4-9,14,21,23,27,30H,10-13,16-17H2,1-3H3. The number of likely N-dealkylation sites (tertiary alicyclic amines) is 1. The van der Waals surface area contributed by atoms with Gasteiger partial charge in [-0.25, -0.2) is 8.42 Å². The predicted octanol–water partition coefficient (Wildman–Crippen LogP) is 2.55. The highest BCUT2D eigenvalue weighted by atomic mass is 32.2. The molecule has 0 saturated carbocycles. The van der Waals surface area contributed by atoms with Crippen molar-refractivity contribution in [3.63, 3.8) is 0 Å². The average Bonchev–Trinajstić information content (AvgIpc) is 2.79. The number of benzene rings is 2. The van der Waals surface area contributed by atoms with E-state index in [1.807, 2.05) is 24.3 Å². The molecule has 0 spiro atoms. The lowest BCUT2D eigenvalue weighted by atomic mass is 9.89. The quantitative estimate of drug-likeness (QED) is 0.595. The van der Waals surface area contributed by atoms with Gasteiger partial charge in [0.05, 0.1) is 29.2 Å². The van der Waals surface area contributed by atoms with Crippen LogP contribution in [0.3, 0.4) is 0 Å². The highest BCUT2D eigenvalue weighted by molar-refractivity contribution is 7.92. The third-order valence-electron chi connectivity index (χ3n) is 6.03. The van der Waals surface area contributed by atoms with Crippen LogP contribution in [0, 0.1) is 18.3 Å². The number of rotatable bonds is 8. The first-order valence-electron chi connectivity index (χ1n) is 11.3. The molecule has 1 fully saturated rings. The van der Waals surface area contributed by atoms with Gasteiger partial charge in [0.2, 0.25) is 10.0 Å². The molecule has 2 N–H and O–H groups in total. The average molecular weight is 485 g/mol. The number of sulfonamides is 1. The van der Waals surface area contributed by atoms with Crippen LogP contribution in [0.25, 0.3) is 0 Å². The monoisotopic (exact) mass is 484 g/mol. The molecule has 1 amide bonds. The molecule has 1 heterocycles. The van der Waals surface area contributed by atoms with E-state index in [-0.39, 0.29) is 12.5 Å². The van der Waals surface area contributed by atoms with E-state index >= 15 is 0 Å². The molecule has 1 aliphatic heterocycles. The molecular formula is C25H32N4O4S. The smallest absolute Gasteiger partial charge is 0.253 e. The van der Waals surface area contributed by atoms with Crippen molar-refractivity contribution in [2.45, 2.75) is 31.8 Å². The number of aryl methyl sites for hydroxylation is 1. The molecule has 8 nitrogen and oxygen atoms in total. The van der Waals surface area contributed by atoms with E-state index in [2.05, 4.69) is 10.8 Å². The van der Waals surface area contributed by atoms with Crippen molar-refractivity contribution in [1.82, 2.24) is 9.80 Å². The zero-order chi connectivity index (χ0) is 24.9. The number of nitrogens with one attached hydrogen (secondary N) is 1. The molecule has 1 atom stereocenters. The fourth-order valence-corrected chi connectivity index (χ4v) is 5.48. The topological polar surface area (TPSA) is 114 Å². The Bertz CT molecular complexity index is 1150. The van der Waals surface area contributed by atoms with Crippen molar-refractivity contribution >= 4 is 21.6 Å². The number of carbonyl (C=O) groups excluding carboxylic acids is 1. The molecule has 182 valence electrons. The number of hydrogen-bond donors (Lipinski definition) is 2. The molecule has 2 aromatic carbocycles. The summed E-state index contributed by atoms with van der Waals surface area (Å²) in [6.07, 6.45) is 0.634. The van der Waals surface area contributed by atoms with Crippen molar-refractivity contribution in [3.05, 3.63) is 64.7 Å². The minimum Gasteiger partial charge on any atom is -0.391 e. The Labute approximate surface area is 201 Å². The van der Waals surface area contributed by atoms with Crippen molar-refractivity contribution in [2.24, 2.45) is 0 Å². The predicted molar refractivity (Wildman–Crippen MR) is 132 cm³/mol. The highest BCUT2D eigenvalue weighted by Gasteiger charge is 2.25. The van der Waals surface area contributed by atoms with Crippen LogP contribution in [0.5, 0.6) is 0 Å². The summed E-state index contributed by atoms with van der Waals surface area (Å²) < 4.78 is 27.6. The van der Waals surface area contributed by atoms with Crippen LogP contribution in [0.1, 0.15) is 45.8 Å². The number of amides is 1. The van der Waals surface area contributed by atoms with Gasteiger partial charge in [0, 0.05) is 25.2 Å². The number of nitriles is 1. The zero-order valence-corrected chi connectivity index (χ0v) is 20.7. The summed E-state index contributed by atoms with van der Waals surface area (Å²) in [6.45, 7) is 3.21. The van der Waals surface area contributed by atoms with Crippen molar-refractivity contribution in [1.29, 1.82) is 5.26 Å². The summed E-state index contributed by atoms with van der Waals surface area (Å²) >= 11 is 0. The van der Waals surface area contributed by atoms with Gasteiger partial charge in [-0.3, -0.25) is 9.52 Å². The lowest BCUT2D eigenvalue weighted by molar-refractivity contribution is 0.0713. The summed E-state index contributed by atoms with van der Waals surface area (Å²) in [4.78, 5) is 16.6. The Morgan fingerprint density at radius 2 is 1.85 bits per heavy atom. The van der Waals surface area contributed by atoms with E-state index in [0.29, 0.717) is 41.4 Å². The van der Waals surface area contributed by atoms with Gasteiger partial charge >= 0.3 is 0 Å². The summed E-state index contributed by atoms with van der Waals surface area (Å²) in [5.74, 6) is -0.219. The number of aliphatic hydroxyl groups is 1. The summed E-state index contributed by atoms with van der Waals surface area (Å²) in [5, 5.41) is 19.0. The third-order valence-corrected chi connectivity index (χ3v) is 7.39. The molecular weight excluding hydrogens is 452 g/mol. The van der Waals surface area contributed by atoms with E-state index in [1.165, 1.54) is 5.56 Å². The number of aliphatic hydroxyl groups excluding tert-OH is 1. The van der Waals surface area contributed by atoms with Gasteiger partial charge < -0.3 is 14.9 Å². The summed E-state index contributed by atoms with van der Waals surface area (Å²) in [5.41, 5.74) is 3.27. The number of likely N-dealkylation sites (N-methyl/N-ethyl adjacent to an activating group) is 1. The Balaban J connectivity index is 1.64. The maximum absolute atomic E-state index is 13.1. The molecule has 0 aromatic heterocycles. The van der Waals surface area contributed by atoms with E-state index in [9.17, 15) is 18.3 Å². The Morgan fingerprint density at radius 1 is 1.21 bits per heavy atom. The summed E-state index contributed by atoms with van der Waals surface area (Å²) in [7, 11) is -0.265. The Hall–Kier alpha value is -2.93. The van der Waals surface area contributed by atoms with Gasteiger partial charge in [-0.1, -0.05) is 18.2 Å². The van der Waals surface area contributed by atoms with Crippen molar-refractivity contribution in [3.8, 4) is 6.07 Å². The van der Waals surface area contributed by atoms with Crippen LogP contribution in [0.2, 0.25) is 0 Å². The molecule has 1 aliphatic rings. The number of carbonyl (C=O) groups is 1. The molecule has 1 saturated heterocycles. The normalized spacial score (nSPS) is 15.7. The molecule has 2 aromatic rings. The lowest BCUT2D eigenvalue weighted by Gasteiger charge is -2.32. The third kappa shape index (κ3) is 6.79. The number of hydrogen-bond acceptors (Lipinski definition) is 6. The van der Waals surface area contributed by atoms with Gasteiger partial charge in [0.15, 0.2) is 0 Å². The Kier molecular flexibility index (Phi) is 8.31. The SMILES string of the molecule is Cc1ccc(C(=O)N2CCC(c3ccc(C#N)cc3)CC2)cc1NS(=O)(=O)CC(O)CN(C)C. The lowest BCUT2D eigenvalue weighted by Crippen LogP contribution is -2.38. The molecule has 34 heavy (non-hydrogen) atoms. The van der Waals surface area contributed by atoms with Crippen LogP contribution < -0.4 is 4.72 Å². The molecule has 3 rings (SSSR count). The van der Waals surface area contributed by atoms with Crippen molar-refractivity contribution in [2.75, 3.05) is 44.2 Å². The maximum atomic E-state index is 13.1. The first-order chi connectivity index (χ1) is 16.1. The number of piperidine rings is 1. The number of anilines is 1.